The van der Waals surface area contributed by atoms with Gasteiger partial charge in [0.05, 0.1) is 18.8 Å². The minimum Gasteiger partial charge on any atom is -0.369 e. The van der Waals surface area contributed by atoms with Gasteiger partial charge in [0.25, 0.3) is 11.8 Å². The van der Waals surface area contributed by atoms with E-state index in [2.05, 4.69) is 52.3 Å². The lowest BCUT2D eigenvalue weighted by Gasteiger charge is -2.35. The Kier molecular flexibility index (Phi) is 7.49. The molecule has 2 aliphatic rings. The monoisotopic (exact) mass is 516 g/mol. The van der Waals surface area contributed by atoms with Gasteiger partial charge in [-0.3, -0.25) is 14.7 Å². The molecule has 1 atom stereocenters. The topological polar surface area (TPSA) is 93.8 Å². The minimum absolute atomic E-state index is 0.123. The molecule has 2 N–H and O–H groups in total. The molecule has 38 heavy (non-hydrogen) atoms. The summed E-state index contributed by atoms with van der Waals surface area (Å²) in [6.07, 6.45) is -0.681. The van der Waals surface area contributed by atoms with E-state index in [1.165, 1.54) is 5.69 Å². The summed E-state index contributed by atoms with van der Waals surface area (Å²) < 4.78 is 5.54. The number of hydrogen-bond donors (Lipinski definition) is 2. The van der Waals surface area contributed by atoms with Gasteiger partial charge in [-0.1, -0.05) is 44.2 Å². The highest BCUT2D eigenvalue weighted by Crippen LogP contribution is 2.32. The van der Waals surface area contributed by atoms with Crippen molar-refractivity contribution in [1.29, 1.82) is 0 Å². The molecule has 0 bridgehead atoms. The number of nitrogens with one attached hydrogen (secondary N) is 2. The number of carbonyl (C=O) groups is 2. The normalized spacial score (nSPS) is 16.6. The van der Waals surface area contributed by atoms with Crippen LogP contribution in [0.4, 0.5) is 11.5 Å². The van der Waals surface area contributed by atoms with Crippen LogP contribution in [0.15, 0.2) is 48.5 Å². The summed E-state index contributed by atoms with van der Waals surface area (Å²) in [6, 6.07) is 15.4. The number of rotatable bonds is 7. The fourth-order valence-corrected chi connectivity index (χ4v) is 5.25. The molecule has 0 spiro atoms. The first-order valence-electron chi connectivity index (χ1n) is 13.2. The Morgan fingerprint density at radius 3 is 2.45 bits per heavy atom. The number of hydrogen-bond acceptors (Lipinski definition) is 6. The van der Waals surface area contributed by atoms with Crippen molar-refractivity contribution in [2.45, 2.75) is 39.0 Å². The number of nitrogens with zero attached hydrogens (tertiary/aromatic N) is 4. The maximum Gasteiger partial charge on any atom is 0.256 e. The standard InChI is InChI=1S/C29H36N6O3/c1-19(2)22-16-21(10-11-25(22)34-14-12-33(3)13-15-34)28(36)30-27-23-17-35(18-24(23)31-32-27)29(37)26(38-4)20-8-6-5-7-9-20/h5-11,16,19,26H,12-15,17-18H2,1-4H3,(H2,30,31,32,36)/t26-/m1/s1. The first-order chi connectivity index (χ1) is 18.4. The number of aromatic nitrogens is 2. The van der Waals surface area contributed by atoms with E-state index in [1.54, 1.807) is 12.0 Å². The Hall–Kier alpha value is -3.69. The summed E-state index contributed by atoms with van der Waals surface area (Å²) in [5.74, 6) is 0.407. The van der Waals surface area contributed by atoms with Gasteiger partial charge < -0.3 is 24.8 Å². The molecule has 9 nitrogen and oxygen atoms in total. The Labute approximate surface area is 223 Å². The van der Waals surface area contributed by atoms with Gasteiger partial charge in [-0.15, -0.1) is 0 Å². The highest BCUT2D eigenvalue weighted by Gasteiger charge is 2.33. The van der Waals surface area contributed by atoms with E-state index in [4.69, 9.17) is 4.74 Å². The first kappa shape index (κ1) is 25.9. The van der Waals surface area contributed by atoms with E-state index in [0.717, 1.165) is 48.6 Å². The number of ether oxygens (including phenoxy) is 1. The highest BCUT2D eigenvalue weighted by molar-refractivity contribution is 6.04. The van der Waals surface area contributed by atoms with Crippen molar-refractivity contribution in [2.24, 2.45) is 0 Å². The van der Waals surface area contributed by atoms with Gasteiger partial charge in [-0.25, -0.2) is 0 Å². The SMILES string of the molecule is CO[C@@H](C(=O)N1Cc2[nH]nc(NC(=O)c3ccc(N4CCN(C)CC4)c(C(C)C)c3)c2C1)c1ccccc1. The van der Waals surface area contributed by atoms with Crippen LogP contribution in [0.1, 0.15) is 58.6 Å². The van der Waals surface area contributed by atoms with Crippen LogP contribution in [-0.4, -0.2) is 72.1 Å². The average molecular weight is 517 g/mol. The molecule has 1 saturated heterocycles. The van der Waals surface area contributed by atoms with E-state index < -0.39 is 6.10 Å². The summed E-state index contributed by atoms with van der Waals surface area (Å²) in [6.45, 7) is 9.07. The Balaban J connectivity index is 1.29. The molecular formula is C29H36N6O3. The number of fused-ring (bicyclic) bond motifs is 1. The number of benzene rings is 2. The summed E-state index contributed by atoms with van der Waals surface area (Å²) >= 11 is 0. The molecule has 1 aromatic heterocycles. The average Bonchev–Trinajstić information content (AvgIpc) is 3.52. The van der Waals surface area contributed by atoms with Crippen LogP contribution in [0.3, 0.4) is 0 Å². The predicted molar refractivity (Wildman–Crippen MR) is 147 cm³/mol. The van der Waals surface area contributed by atoms with Gasteiger partial charge in [0, 0.05) is 50.1 Å². The zero-order valence-electron chi connectivity index (χ0n) is 22.5. The fraction of sp³-hybridized carbons (Fsp3) is 0.414. The predicted octanol–water partition coefficient (Wildman–Crippen LogP) is 3.77. The fourth-order valence-electron chi connectivity index (χ4n) is 5.25. The molecule has 0 unspecified atom stereocenters. The Bertz CT molecular complexity index is 1300. The summed E-state index contributed by atoms with van der Waals surface area (Å²) in [5, 5.41) is 10.3. The molecule has 2 aromatic carbocycles. The third-order valence-corrected chi connectivity index (χ3v) is 7.51. The second kappa shape index (κ2) is 11.0. The van der Waals surface area contributed by atoms with Gasteiger partial charge in [0.15, 0.2) is 11.9 Å². The number of carbonyl (C=O) groups excluding carboxylic acids is 2. The van der Waals surface area contributed by atoms with Crippen LogP contribution in [0.25, 0.3) is 0 Å². The second-order valence-corrected chi connectivity index (χ2v) is 10.4. The van der Waals surface area contributed by atoms with Gasteiger partial charge in [-0.05, 0) is 42.3 Å². The molecule has 200 valence electrons. The van der Waals surface area contributed by atoms with E-state index in [9.17, 15) is 9.59 Å². The van der Waals surface area contributed by atoms with Crippen LogP contribution in [0.2, 0.25) is 0 Å². The number of H-pyrrole nitrogens is 1. The molecule has 5 rings (SSSR count). The number of aromatic amines is 1. The molecule has 3 aromatic rings. The quantitative estimate of drug-likeness (QED) is 0.497. The zero-order chi connectivity index (χ0) is 26.8. The summed E-state index contributed by atoms with van der Waals surface area (Å²) in [4.78, 5) is 33.0. The number of anilines is 2. The van der Waals surface area contributed by atoms with Crippen LogP contribution in [-0.2, 0) is 22.6 Å². The molecule has 1 fully saturated rings. The van der Waals surface area contributed by atoms with Crippen molar-refractivity contribution < 1.29 is 14.3 Å². The van der Waals surface area contributed by atoms with Crippen molar-refractivity contribution in [2.75, 3.05) is 50.6 Å². The van der Waals surface area contributed by atoms with E-state index in [-0.39, 0.29) is 17.7 Å². The maximum atomic E-state index is 13.3. The smallest absolute Gasteiger partial charge is 0.256 e. The molecule has 2 aliphatic heterocycles. The molecule has 0 saturated carbocycles. The number of methoxy groups -OCH3 is 1. The third kappa shape index (κ3) is 5.16. The molecule has 3 heterocycles. The minimum atomic E-state index is -0.681. The molecule has 0 aliphatic carbocycles. The summed E-state index contributed by atoms with van der Waals surface area (Å²) in [5.41, 5.74) is 5.42. The molecular weight excluding hydrogens is 480 g/mol. The second-order valence-electron chi connectivity index (χ2n) is 10.4. The lowest BCUT2D eigenvalue weighted by Crippen LogP contribution is -2.44. The van der Waals surface area contributed by atoms with Crippen LogP contribution in [0.5, 0.6) is 0 Å². The number of amides is 2. The van der Waals surface area contributed by atoms with Crippen LogP contribution in [0, 0.1) is 0 Å². The largest absolute Gasteiger partial charge is 0.369 e. The van der Waals surface area contributed by atoms with Gasteiger partial charge in [0.1, 0.15) is 0 Å². The maximum absolute atomic E-state index is 13.3. The highest BCUT2D eigenvalue weighted by atomic mass is 16.5. The van der Waals surface area contributed by atoms with E-state index in [1.807, 2.05) is 42.5 Å². The van der Waals surface area contributed by atoms with Crippen LogP contribution >= 0.6 is 0 Å². The van der Waals surface area contributed by atoms with Crippen molar-refractivity contribution >= 4 is 23.3 Å². The van der Waals surface area contributed by atoms with Crippen molar-refractivity contribution in [3.8, 4) is 0 Å². The third-order valence-electron chi connectivity index (χ3n) is 7.51. The van der Waals surface area contributed by atoms with Gasteiger partial charge >= 0.3 is 0 Å². The Morgan fingerprint density at radius 2 is 1.76 bits per heavy atom. The van der Waals surface area contributed by atoms with Gasteiger partial charge in [0.2, 0.25) is 0 Å². The van der Waals surface area contributed by atoms with Crippen molar-refractivity contribution in [3.63, 3.8) is 0 Å². The number of piperazine rings is 1. The van der Waals surface area contributed by atoms with Crippen molar-refractivity contribution in [1.82, 2.24) is 20.0 Å². The van der Waals surface area contributed by atoms with E-state index >= 15 is 0 Å². The first-order valence-corrected chi connectivity index (χ1v) is 13.2. The van der Waals surface area contributed by atoms with Crippen molar-refractivity contribution in [3.05, 3.63) is 76.5 Å². The number of likely N-dealkylation sites (N-methyl/N-ethyl adjacent to an activating group) is 1. The van der Waals surface area contributed by atoms with Crippen LogP contribution < -0.4 is 10.2 Å². The Morgan fingerprint density at radius 1 is 1.03 bits per heavy atom. The lowest BCUT2D eigenvalue weighted by atomic mass is 9.97. The lowest BCUT2D eigenvalue weighted by molar-refractivity contribution is -0.143. The molecule has 9 heteroatoms. The van der Waals surface area contributed by atoms with Gasteiger partial charge in [-0.2, -0.15) is 5.10 Å². The summed E-state index contributed by atoms with van der Waals surface area (Å²) in [7, 11) is 3.69. The van der Waals surface area contributed by atoms with E-state index in [0.29, 0.717) is 24.5 Å². The molecule has 2 amide bonds. The molecule has 0 radical (unpaired) electrons. The zero-order valence-corrected chi connectivity index (χ0v) is 22.5.